The van der Waals surface area contributed by atoms with Gasteiger partial charge < -0.3 is 9.42 Å². The van der Waals surface area contributed by atoms with Crippen LogP contribution in [0.3, 0.4) is 0 Å². The lowest BCUT2D eigenvalue weighted by Gasteiger charge is -2.21. The smallest absolute Gasteiger partial charge is 0.295 e. The second kappa shape index (κ2) is 7.27. The first kappa shape index (κ1) is 16.9. The van der Waals surface area contributed by atoms with E-state index in [1.54, 1.807) is 17.0 Å². The molecule has 24 heavy (non-hydrogen) atoms. The van der Waals surface area contributed by atoms with Gasteiger partial charge in [0.2, 0.25) is 0 Å². The minimum absolute atomic E-state index is 0.392. The van der Waals surface area contributed by atoms with Gasteiger partial charge in [-0.25, -0.2) is 0 Å². The van der Waals surface area contributed by atoms with Crippen LogP contribution in [0.5, 0.6) is 0 Å². The molecular formula is C17H21N3O3S. The molecule has 2 aromatic heterocycles. The Morgan fingerprint density at radius 2 is 2.08 bits per heavy atom. The Bertz CT molecular complexity index is 704. The van der Waals surface area contributed by atoms with Gasteiger partial charge in [-0.2, -0.15) is 0 Å². The lowest BCUT2D eigenvalue weighted by molar-refractivity contribution is -0.126. The summed E-state index contributed by atoms with van der Waals surface area (Å²) in [4.78, 5) is 29.1. The number of ketones is 1. The van der Waals surface area contributed by atoms with Crippen LogP contribution in [-0.2, 0) is 11.3 Å². The fourth-order valence-corrected chi connectivity index (χ4v) is 3.60. The Kier molecular flexibility index (Phi) is 5.11. The number of aryl methyl sites for hydroxylation is 2. The topological polar surface area (TPSA) is 66.7 Å². The van der Waals surface area contributed by atoms with Crippen LogP contribution in [0.2, 0.25) is 0 Å². The molecule has 0 aliphatic carbocycles. The minimum Gasteiger partial charge on any atom is -0.361 e. The number of hydrogen-bond acceptors (Lipinski definition) is 6. The van der Waals surface area contributed by atoms with Crippen LogP contribution >= 0.6 is 11.3 Å². The molecule has 0 bridgehead atoms. The summed E-state index contributed by atoms with van der Waals surface area (Å²) in [6, 6.07) is 3.49. The Hall–Kier alpha value is -1.99. The maximum Gasteiger partial charge on any atom is 0.295 e. The SMILES string of the molecule is Cc1noc(C)c1CN1CCCN(C(=O)C(=O)c2cccs2)CC1. The summed E-state index contributed by atoms with van der Waals surface area (Å²) in [6.07, 6.45) is 0.854. The summed E-state index contributed by atoms with van der Waals surface area (Å²) >= 11 is 1.31. The first-order valence-corrected chi connectivity index (χ1v) is 8.95. The quantitative estimate of drug-likeness (QED) is 0.627. The number of aromatic nitrogens is 1. The fourth-order valence-electron chi connectivity index (χ4n) is 2.94. The Balaban J connectivity index is 1.61. The number of amides is 1. The van der Waals surface area contributed by atoms with Gasteiger partial charge in [0.15, 0.2) is 0 Å². The molecule has 1 aliphatic rings. The highest BCUT2D eigenvalue weighted by molar-refractivity contribution is 7.12. The summed E-state index contributed by atoms with van der Waals surface area (Å²) in [7, 11) is 0. The Morgan fingerprint density at radius 3 is 2.75 bits per heavy atom. The number of hydrogen-bond donors (Lipinski definition) is 0. The van der Waals surface area contributed by atoms with E-state index in [-0.39, 0.29) is 0 Å². The van der Waals surface area contributed by atoms with E-state index in [1.165, 1.54) is 11.3 Å². The lowest BCUT2D eigenvalue weighted by atomic mass is 10.2. The molecule has 3 heterocycles. The highest BCUT2D eigenvalue weighted by Gasteiger charge is 2.26. The number of carbonyl (C=O) groups excluding carboxylic acids is 2. The first-order chi connectivity index (χ1) is 11.6. The van der Waals surface area contributed by atoms with Crippen LogP contribution in [0.1, 0.15) is 33.1 Å². The molecule has 2 aromatic rings. The van der Waals surface area contributed by atoms with Crippen molar-refractivity contribution in [3.05, 3.63) is 39.4 Å². The van der Waals surface area contributed by atoms with Gasteiger partial charge in [0.25, 0.3) is 11.7 Å². The average Bonchev–Trinajstić information content (AvgIpc) is 3.14. The third kappa shape index (κ3) is 3.57. The summed E-state index contributed by atoms with van der Waals surface area (Å²) in [5.41, 5.74) is 2.03. The molecule has 0 aromatic carbocycles. The van der Waals surface area contributed by atoms with Gasteiger partial charge in [0.1, 0.15) is 5.76 Å². The van der Waals surface area contributed by atoms with E-state index in [9.17, 15) is 9.59 Å². The van der Waals surface area contributed by atoms with E-state index >= 15 is 0 Å². The van der Waals surface area contributed by atoms with Crippen molar-refractivity contribution in [2.75, 3.05) is 26.2 Å². The Morgan fingerprint density at radius 1 is 1.25 bits per heavy atom. The monoisotopic (exact) mass is 347 g/mol. The molecule has 0 atom stereocenters. The van der Waals surface area contributed by atoms with E-state index in [0.29, 0.717) is 18.0 Å². The minimum atomic E-state index is -0.399. The second-order valence-corrected chi connectivity index (χ2v) is 6.98. The molecule has 1 fully saturated rings. The molecule has 0 unspecified atom stereocenters. The van der Waals surface area contributed by atoms with Crippen LogP contribution in [0.25, 0.3) is 0 Å². The number of Topliss-reactive ketones (excluding diaryl/α,β-unsaturated/α-hetero) is 1. The van der Waals surface area contributed by atoms with Crippen molar-refractivity contribution < 1.29 is 14.1 Å². The van der Waals surface area contributed by atoms with E-state index in [2.05, 4.69) is 10.1 Å². The number of nitrogens with zero attached hydrogens (tertiary/aromatic N) is 3. The van der Waals surface area contributed by atoms with Crippen molar-refractivity contribution in [1.29, 1.82) is 0 Å². The van der Waals surface area contributed by atoms with Crippen LogP contribution < -0.4 is 0 Å². The van der Waals surface area contributed by atoms with E-state index in [4.69, 9.17) is 4.52 Å². The van der Waals surface area contributed by atoms with Crippen LogP contribution in [-0.4, -0.2) is 52.8 Å². The largest absolute Gasteiger partial charge is 0.361 e. The molecule has 6 nitrogen and oxygen atoms in total. The Labute approximate surface area is 145 Å². The number of rotatable bonds is 4. The van der Waals surface area contributed by atoms with E-state index in [0.717, 1.165) is 43.1 Å². The van der Waals surface area contributed by atoms with E-state index in [1.807, 2.05) is 19.2 Å². The van der Waals surface area contributed by atoms with Crippen LogP contribution in [0.4, 0.5) is 0 Å². The maximum atomic E-state index is 12.4. The number of thiophene rings is 1. The molecule has 3 rings (SSSR count). The predicted octanol–water partition coefficient (Wildman–Crippen LogP) is 2.27. The van der Waals surface area contributed by atoms with Gasteiger partial charge in [0.05, 0.1) is 10.6 Å². The highest BCUT2D eigenvalue weighted by Crippen LogP contribution is 2.17. The fraction of sp³-hybridized carbons (Fsp3) is 0.471. The summed E-state index contributed by atoms with van der Waals surface area (Å²) < 4.78 is 5.22. The molecule has 0 spiro atoms. The standard InChI is InChI=1S/C17H21N3O3S/c1-12-14(13(2)23-18-12)11-19-6-4-7-20(9-8-19)17(22)16(21)15-5-3-10-24-15/h3,5,10H,4,6-9,11H2,1-2H3. The zero-order valence-electron chi connectivity index (χ0n) is 13.9. The van der Waals surface area contributed by atoms with Crippen molar-refractivity contribution >= 4 is 23.0 Å². The summed E-state index contributed by atoms with van der Waals surface area (Å²) in [6.45, 7) is 7.45. The number of carbonyl (C=O) groups is 2. The van der Waals surface area contributed by atoms with Crippen molar-refractivity contribution in [2.45, 2.75) is 26.8 Å². The van der Waals surface area contributed by atoms with Gasteiger partial charge in [-0.05, 0) is 31.7 Å². The van der Waals surface area contributed by atoms with Crippen LogP contribution in [0.15, 0.2) is 22.0 Å². The van der Waals surface area contributed by atoms with Crippen molar-refractivity contribution in [3.8, 4) is 0 Å². The molecule has 0 N–H and O–H groups in total. The first-order valence-electron chi connectivity index (χ1n) is 8.07. The second-order valence-electron chi connectivity index (χ2n) is 6.03. The normalized spacial score (nSPS) is 16.2. The highest BCUT2D eigenvalue weighted by atomic mass is 32.1. The third-order valence-corrected chi connectivity index (χ3v) is 5.25. The zero-order chi connectivity index (χ0) is 17.1. The molecule has 1 saturated heterocycles. The van der Waals surface area contributed by atoms with Crippen LogP contribution in [0, 0.1) is 13.8 Å². The molecule has 1 amide bonds. The molecule has 7 heteroatoms. The van der Waals surface area contributed by atoms with Gasteiger partial charge in [-0.3, -0.25) is 14.5 Å². The van der Waals surface area contributed by atoms with Crippen molar-refractivity contribution in [2.24, 2.45) is 0 Å². The molecule has 128 valence electrons. The maximum absolute atomic E-state index is 12.4. The van der Waals surface area contributed by atoms with Gasteiger partial charge in [-0.15, -0.1) is 11.3 Å². The average molecular weight is 347 g/mol. The van der Waals surface area contributed by atoms with E-state index < -0.39 is 11.7 Å². The van der Waals surface area contributed by atoms with Gasteiger partial charge in [-0.1, -0.05) is 11.2 Å². The molecule has 0 saturated carbocycles. The predicted molar refractivity (Wildman–Crippen MR) is 91.1 cm³/mol. The van der Waals surface area contributed by atoms with Crippen molar-refractivity contribution in [3.63, 3.8) is 0 Å². The summed E-state index contributed by atoms with van der Waals surface area (Å²) in [5, 5.41) is 5.80. The van der Waals surface area contributed by atoms with Gasteiger partial charge in [0, 0.05) is 38.3 Å². The molecule has 0 radical (unpaired) electrons. The summed E-state index contributed by atoms with van der Waals surface area (Å²) in [5.74, 6) is 0.0540. The third-order valence-electron chi connectivity index (χ3n) is 4.38. The zero-order valence-corrected chi connectivity index (χ0v) is 14.8. The van der Waals surface area contributed by atoms with Gasteiger partial charge >= 0.3 is 0 Å². The lowest BCUT2D eigenvalue weighted by Crippen LogP contribution is -2.39. The molecule has 1 aliphatic heterocycles. The van der Waals surface area contributed by atoms with Crippen molar-refractivity contribution in [1.82, 2.24) is 15.0 Å². The molecular weight excluding hydrogens is 326 g/mol.